The SMILES string of the molecule is CNc1c([N+](=O)[O-])cc(C(=O)O)c(N2CCC(C(F)(F)F)CC2)c1C. The number of benzene rings is 1. The minimum atomic E-state index is -4.28. The lowest BCUT2D eigenvalue weighted by molar-refractivity contribution is -0.384. The Hall–Kier alpha value is -2.52. The van der Waals surface area contributed by atoms with Crippen molar-refractivity contribution in [1.82, 2.24) is 0 Å². The summed E-state index contributed by atoms with van der Waals surface area (Å²) < 4.78 is 38.5. The zero-order chi connectivity index (χ0) is 18.9. The van der Waals surface area contributed by atoms with Crippen LogP contribution < -0.4 is 10.2 Å². The summed E-state index contributed by atoms with van der Waals surface area (Å²) in [5.74, 6) is -2.78. The number of hydrogen-bond acceptors (Lipinski definition) is 5. The van der Waals surface area contributed by atoms with Gasteiger partial charge in [0.1, 0.15) is 5.69 Å². The summed E-state index contributed by atoms with van der Waals surface area (Å²) in [7, 11) is 1.47. The number of nitrogens with zero attached hydrogens (tertiary/aromatic N) is 2. The molecule has 0 unspecified atom stereocenters. The third-order valence-corrected chi connectivity index (χ3v) is 4.47. The second-order valence-corrected chi connectivity index (χ2v) is 5.91. The number of aromatic carboxylic acids is 1. The first-order valence-electron chi connectivity index (χ1n) is 7.62. The van der Waals surface area contributed by atoms with E-state index in [2.05, 4.69) is 5.32 Å². The van der Waals surface area contributed by atoms with Gasteiger partial charge >= 0.3 is 12.1 Å². The van der Waals surface area contributed by atoms with Gasteiger partial charge in [0, 0.05) is 31.8 Å². The molecule has 0 aromatic heterocycles. The van der Waals surface area contributed by atoms with E-state index in [-0.39, 0.29) is 48.6 Å². The Morgan fingerprint density at radius 3 is 2.36 bits per heavy atom. The summed E-state index contributed by atoms with van der Waals surface area (Å²) in [6.45, 7) is 1.59. The highest BCUT2D eigenvalue weighted by atomic mass is 19.4. The van der Waals surface area contributed by atoms with E-state index in [9.17, 15) is 33.2 Å². The number of carboxylic acids is 1. The second-order valence-electron chi connectivity index (χ2n) is 5.91. The Labute approximate surface area is 141 Å². The summed E-state index contributed by atoms with van der Waals surface area (Å²) in [5.41, 5.74) is 0.0468. The highest BCUT2D eigenvalue weighted by Crippen LogP contribution is 2.41. The van der Waals surface area contributed by atoms with Gasteiger partial charge in [-0.15, -0.1) is 0 Å². The first kappa shape index (κ1) is 18.8. The normalized spacial score (nSPS) is 16.0. The third kappa shape index (κ3) is 3.62. The van der Waals surface area contributed by atoms with Crippen molar-refractivity contribution in [3.63, 3.8) is 0 Å². The summed E-state index contributed by atoms with van der Waals surface area (Å²) in [6.07, 6.45) is -4.57. The molecule has 1 aliphatic rings. The van der Waals surface area contributed by atoms with Crippen molar-refractivity contribution in [1.29, 1.82) is 0 Å². The third-order valence-electron chi connectivity index (χ3n) is 4.47. The molecule has 2 rings (SSSR count). The van der Waals surface area contributed by atoms with Gasteiger partial charge in [-0.2, -0.15) is 13.2 Å². The van der Waals surface area contributed by atoms with Crippen LogP contribution >= 0.6 is 0 Å². The molecule has 1 aliphatic heterocycles. The standard InChI is InChI=1S/C15H18F3N3O4/c1-8-12(19-2)11(21(24)25)7-10(14(22)23)13(8)20-5-3-9(4-6-20)15(16,17)18/h7,9,19H,3-6H2,1-2H3,(H,22,23). The van der Waals surface area contributed by atoms with Crippen LogP contribution in [0, 0.1) is 23.0 Å². The van der Waals surface area contributed by atoms with Crippen LogP contribution in [0.5, 0.6) is 0 Å². The molecule has 25 heavy (non-hydrogen) atoms. The van der Waals surface area contributed by atoms with Gasteiger partial charge in [0.05, 0.1) is 22.1 Å². The quantitative estimate of drug-likeness (QED) is 0.630. The molecule has 1 saturated heterocycles. The Bertz CT molecular complexity index is 698. The van der Waals surface area contributed by atoms with E-state index in [1.54, 1.807) is 4.90 Å². The number of nitro benzene ring substituents is 1. The number of anilines is 2. The molecule has 2 N–H and O–H groups in total. The van der Waals surface area contributed by atoms with Gasteiger partial charge in [-0.05, 0) is 19.8 Å². The van der Waals surface area contributed by atoms with E-state index in [4.69, 9.17) is 0 Å². The number of carboxylic acid groups (broad SMARTS) is 1. The smallest absolute Gasteiger partial charge is 0.391 e. The zero-order valence-electron chi connectivity index (χ0n) is 13.7. The van der Waals surface area contributed by atoms with Gasteiger partial charge in [-0.3, -0.25) is 10.1 Å². The lowest BCUT2D eigenvalue weighted by atomic mass is 9.94. The van der Waals surface area contributed by atoms with Crippen molar-refractivity contribution in [3.8, 4) is 0 Å². The predicted molar refractivity (Wildman–Crippen MR) is 85.3 cm³/mol. The maximum Gasteiger partial charge on any atom is 0.391 e. The number of nitrogens with one attached hydrogen (secondary N) is 1. The monoisotopic (exact) mass is 361 g/mol. The fourth-order valence-corrected chi connectivity index (χ4v) is 3.25. The summed E-state index contributed by atoms with van der Waals surface area (Å²) in [6, 6.07) is 0.951. The average molecular weight is 361 g/mol. The Balaban J connectivity index is 2.47. The summed E-state index contributed by atoms with van der Waals surface area (Å²) >= 11 is 0. The molecule has 10 heteroatoms. The number of rotatable bonds is 4. The van der Waals surface area contributed by atoms with Gasteiger partial charge in [0.25, 0.3) is 5.69 Å². The number of halogens is 3. The minimum Gasteiger partial charge on any atom is -0.478 e. The lowest BCUT2D eigenvalue weighted by Gasteiger charge is -2.36. The van der Waals surface area contributed by atoms with Crippen molar-refractivity contribution < 1.29 is 28.0 Å². The largest absolute Gasteiger partial charge is 0.478 e. The molecule has 0 spiro atoms. The van der Waals surface area contributed by atoms with Crippen LogP contribution in [-0.4, -0.2) is 42.3 Å². The van der Waals surface area contributed by atoms with Crippen molar-refractivity contribution in [2.75, 3.05) is 30.4 Å². The van der Waals surface area contributed by atoms with E-state index in [1.165, 1.54) is 14.0 Å². The predicted octanol–water partition coefficient (Wildman–Crippen LogP) is 3.42. The van der Waals surface area contributed by atoms with E-state index in [0.717, 1.165) is 6.07 Å². The van der Waals surface area contributed by atoms with Crippen LogP contribution in [0.15, 0.2) is 6.07 Å². The van der Waals surface area contributed by atoms with Gasteiger partial charge in [-0.1, -0.05) is 0 Å². The minimum absolute atomic E-state index is 0.0340. The first-order valence-corrected chi connectivity index (χ1v) is 7.62. The van der Waals surface area contributed by atoms with Crippen LogP contribution in [0.3, 0.4) is 0 Å². The van der Waals surface area contributed by atoms with Crippen molar-refractivity contribution in [2.45, 2.75) is 25.9 Å². The van der Waals surface area contributed by atoms with Gasteiger partial charge in [0.2, 0.25) is 0 Å². The molecular weight excluding hydrogens is 343 g/mol. The summed E-state index contributed by atoms with van der Waals surface area (Å²) in [5, 5.41) is 23.3. The first-order chi connectivity index (χ1) is 11.6. The molecule has 0 aliphatic carbocycles. The molecule has 1 heterocycles. The second kappa shape index (κ2) is 6.77. The number of alkyl halides is 3. The molecule has 138 valence electrons. The highest BCUT2D eigenvalue weighted by molar-refractivity contribution is 5.99. The van der Waals surface area contributed by atoms with E-state index in [0.29, 0.717) is 5.56 Å². The fourth-order valence-electron chi connectivity index (χ4n) is 3.25. The van der Waals surface area contributed by atoms with Crippen LogP contribution in [0.1, 0.15) is 28.8 Å². The van der Waals surface area contributed by atoms with Crippen LogP contribution in [0.25, 0.3) is 0 Å². The Morgan fingerprint density at radius 2 is 1.96 bits per heavy atom. The van der Waals surface area contributed by atoms with Crippen molar-refractivity contribution in [3.05, 3.63) is 27.3 Å². The van der Waals surface area contributed by atoms with Crippen molar-refractivity contribution in [2.24, 2.45) is 5.92 Å². The number of nitro groups is 1. The maximum atomic E-state index is 12.8. The Kier molecular flexibility index (Phi) is 5.09. The lowest BCUT2D eigenvalue weighted by Crippen LogP contribution is -2.40. The van der Waals surface area contributed by atoms with Crippen LogP contribution in [0.2, 0.25) is 0 Å². The number of hydrogen-bond donors (Lipinski definition) is 2. The molecule has 0 radical (unpaired) electrons. The molecule has 1 aromatic rings. The molecule has 0 saturated carbocycles. The van der Waals surface area contributed by atoms with E-state index >= 15 is 0 Å². The summed E-state index contributed by atoms with van der Waals surface area (Å²) in [4.78, 5) is 23.6. The molecule has 0 bridgehead atoms. The van der Waals surface area contributed by atoms with Gasteiger partial charge in [-0.25, -0.2) is 4.79 Å². The molecule has 0 atom stereocenters. The van der Waals surface area contributed by atoms with Crippen LogP contribution in [-0.2, 0) is 0 Å². The molecule has 0 amide bonds. The molecule has 1 aromatic carbocycles. The molecule has 1 fully saturated rings. The average Bonchev–Trinajstić information content (AvgIpc) is 2.52. The highest BCUT2D eigenvalue weighted by Gasteiger charge is 2.42. The van der Waals surface area contributed by atoms with Gasteiger partial charge < -0.3 is 15.3 Å². The van der Waals surface area contributed by atoms with E-state index < -0.39 is 23.0 Å². The number of piperidine rings is 1. The topological polar surface area (TPSA) is 95.7 Å². The van der Waals surface area contributed by atoms with Gasteiger partial charge in [0.15, 0.2) is 0 Å². The molecule has 7 nitrogen and oxygen atoms in total. The molecular formula is C15H18F3N3O4. The fraction of sp³-hybridized carbons (Fsp3) is 0.533. The Morgan fingerprint density at radius 1 is 1.40 bits per heavy atom. The van der Waals surface area contributed by atoms with Crippen molar-refractivity contribution >= 4 is 23.0 Å². The van der Waals surface area contributed by atoms with E-state index in [1.807, 2.05) is 0 Å². The number of carbonyl (C=O) groups is 1. The maximum absolute atomic E-state index is 12.8. The zero-order valence-corrected chi connectivity index (χ0v) is 13.7. The van der Waals surface area contributed by atoms with Crippen LogP contribution in [0.4, 0.5) is 30.2 Å².